The van der Waals surface area contributed by atoms with Gasteiger partial charge in [0.15, 0.2) is 5.82 Å². The molecule has 1 amide bonds. The zero-order valence-corrected chi connectivity index (χ0v) is 11.7. The Balaban J connectivity index is 1.82. The third-order valence-electron chi connectivity index (χ3n) is 3.23. The van der Waals surface area contributed by atoms with E-state index in [4.69, 9.17) is 5.73 Å². The first kappa shape index (κ1) is 13.8. The van der Waals surface area contributed by atoms with Gasteiger partial charge in [0.1, 0.15) is 0 Å². The van der Waals surface area contributed by atoms with Crippen molar-refractivity contribution < 1.29 is 4.79 Å². The number of carbonyl (C=O) groups is 1. The topological polar surface area (TPSA) is 101 Å². The summed E-state index contributed by atoms with van der Waals surface area (Å²) in [6.45, 7) is 0.306. The molecule has 1 aromatic heterocycles. The second-order valence-electron chi connectivity index (χ2n) is 4.86. The van der Waals surface area contributed by atoms with E-state index in [2.05, 4.69) is 15.3 Å². The zero-order chi connectivity index (χ0) is 15.5. The standard InChI is InChI=1S/C16H14N4O2/c17-11-5-3-4-10(8-11)9-18-16(22)14-19-13-7-2-1-6-12(13)15(21)20-14/h1-8H,9,17H2,(H,18,22)(H,19,20,21). The van der Waals surface area contributed by atoms with Crippen LogP contribution >= 0.6 is 0 Å². The minimum atomic E-state index is -0.440. The lowest BCUT2D eigenvalue weighted by Gasteiger charge is -2.06. The van der Waals surface area contributed by atoms with Gasteiger partial charge in [0.25, 0.3) is 11.5 Å². The van der Waals surface area contributed by atoms with Crippen LogP contribution in [0.4, 0.5) is 5.69 Å². The normalized spacial score (nSPS) is 10.5. The number of aromatic amines is 1. The highest BCUT2D eigenvalue weighted by Gasteiger charge is 2.10. The first-order valence-corrected chi connectivity index (χ1v) is 6.75. The van der Waals surface area contributed by atoms with Gasteiger partial charge in [0.2, 0.25) is 0 Å². The van der Waals surface area contributed by atoms with Gasteiger partial charge in [-0.05, 0) is 29.8 Å². The molecule has 2 aromatic carbocycles. The molecule has 0 aliphatic heterocycles. The number of amides is 1. The molecule has 4 N–H and O–H groups in total. The van der Waals surface area contributed by atoms with Gasteiger partial charge in [-0.1, -0.05) is 24.3 Å². The zero-order valence-electron chi connectivity index (χ0n) is 11.7. The number of hydrogen-bond donors (Lipinski definition) is 3. The molecule has 0 atom stereocenters. The van der Waals surface area contributed by atoms with Crippen molar-refractivity contribution in [3.05, 3.63) is 70.3 Å². The van der Waals surface area contributed by atoms with Crippen molar-refractivity contribution in [3.8, 4) is 0 Å². The maximum Gasteiger partial charge on any atom is 0.287 e. The SMILES string of the molecule is Nc1cccc(CNC(=O)c2nc3ccccc3c(=O)[nH]2)c1. The van der Waals surface area contributed by atoms with Crippen molar-refractivity contribution in [1.29, 1.82) is 0 Å². The Bertz CT molecular complexity index is 902. The maximum atomic E-state index is 12.1. The van der Waals surface area contributed by atoms with Crippen molar-refractivity contribution in [2.75, 3.05) is 5.73 Å². The van der Waals surface area contributed by atoms with E-state index < -0.39 is 5.91 Å². The van der Waals surface area contributed by atoms with Gasteiger partial charge in [0.05, 0.1) is 10.9 Å². The summed E-state index contributed by atoms with van der Waals surface area (Å²) in [7, 11) is 0. The first-order valence-electron chi connectivity index (χ1n) is 6.75. The lowest BCUT2D eigenvalue weighted by atomic mass is 10.2. The van der Waals surface area contributed by atoms with E-state index >= 15 is 0 Å². The van der Waals surface area contributed by atoms with Gasteiger partial charge < -0.3 is 16.0 Å². The molecule has 0 aliphatic carbocycles. The van der Waals surface area contributed by atoms with Crippen LogP contribution in [0, 0.1) is 0 Å². The molecule has 0 fully saturated rings. The fraction of sp³-hybridized carbons (Fsp3) is 0.0625. The molecule has 110 valence electrons. The average Bonchev–Trinajstić information content (AvgIpc) is 2.52. The number of rotatable bonds is 3. The first-order chi connectivity index (χ1) is 10.6. The predicted molar refractivity (Wildman–Crippen MR) is 84.4 cm³/mol. The van der Waals surface area contributed by atoms with Crippen LogP contribution in [0.2, 0.25) is 0 Å². The second-order valence-corrected chi connectivity index (χ2v) is 4.86. The Morgan fingerprint density at radius 2 is 2.00 bits per heavy atom. The van der Waals surface area contributed by atoms with Crippen LogP contribution in [0.15, 0.2) is 53.3 Å². The number of carbonyl (C=O) groups excluding carboxylic acids is 1. The highest BCUT2D eigenvalue weighted by Crippen LogP contribution is 2.07. The number of nitrogen functional groups attached to an aromatic ring is 1. The molecule has 3 rings (SSSR count). The van der Waals surface area contributed by atoms with Crippen LogP contribution < -0.4 is 16.6 Å². The van der Waals surface area contributed by atoms with Crippen LogP contribution in [0.25, 0.3) is 10.9 Å². The van der Waals surface area contributed by atoms with Gasteiger partial charge in [-0.15, -0.1) is 0 Å². The molecular weight excluding hydrogens is 280 g/mol. The van der Waals surface area contributed by atoms with Crippen LogP contribution in [0.1, 0.15) is 16.2 Å². The largest absolute Gasteiger partial charge is 0.399 e. The van der Waals surface area contributed by atoms with Gasteiger partial charge >= 0.3 is 0 Å². The average molecular weight is 294 g/mol. The lowest BCUT2D eigenvalue weighted by molar-refractivity contribution is 0.0940. The van der Waals surface area contributed by atoms with E-state index in [0.29, 0.717) is 23.1 Å². The number of para-hydroxylation sites is 1. The van der Waals surface area contributed by atoms with E-state index in [1.165, 1.54) is 0 Å². The summed E-state index contributed by atoms with van der Waals surface area (Å²) in [6.07, 6.45) is 0. The number of hydrogen-bond acceptors (Lipinski definition) is 4. The molecule has 6 nitrogen and oxygen atoms in total. The molecule has 0 unspecified atom stereocenters. The van der Waals surface area contributed by atoms with Crippen molar-refractivity contribution in [3.63, 3.8) is 0 Å². The summed E-state index contributed by atoms with van der Waals surface area (Å²) in [5, 5.41) is 3.16. The van der Waals surface area contributed by atoms with Gasteiger partial charge in [-0.25, -0.2) is 4.98 Å². The van der Waals surface area contributed by atoms with E-state index in [1.54, 1.807) is 36.4 Å². The minimum absolute atomic E-state index is 0.00685. The smallest absolute Gasteiger partial charge is 0.287 e. The second kappa shape index (κ2) is 5.69. The third kappa shape index (κ3) is 2.80. The van der Waals surface area contributed by atoms with Crippen LogP contribution in [0.5, 0.6) is 0 Å². The number of nitrogens with one attached hydrogen (secondary N) is 2. The lowest BCUT2D eigenvalue weighted by Crippen LogP contribution is -2.27. The monoisotopic (exact) mass is 294 g/mol. The fourth-order valence-corrected chi connectivity index (χ4v) is 2.16. The molecule has 0 saturated heterocycles. The Kier molecular flexibility index (Phi) is 3.57. The summed E-state index contributed by atoms with van der Waals surface area (Å²) in [5.41, 5.74) is 7.34. The number of benzene rings is 2. The number of nitrogens with two attached hydrogens (primary N) is 1. The molecule has 6 heteroatoms. The number of anilines is 1. The number of H-pyrrole nitrogens is 1. The molecule has 22 heavy (non-hydrogen) atoms. The summed E-state index contributed by atoms with van der Waals surface area (Å²) in [6, 6.07) is 14.1. The molecule has 1 heterocycles. The Morgan fingerprint density at radius 3 is 2.82 bits per heavy atom. The Hall–Kier alpha value is -3.15. The molecule has 0 saturated carbocycles. The summed E-state index contributed by atoms with van der Waals surface area (Å²) >= 11 is 0. The van der Waals surface area contributed by atoms with Gasteiger partial charge in [0, 0.05) is 12.2 Å². The van der Waals surface area contributed by atoms with Crippen molar-refractivity contribution in [1.82, 2.24) is 15.3 Å². The van der Waals surface area contributed by atoms with Crippen LogP contribution in [0.3, 0.4) is 0 Å². The maximum absolute atomic E-state index is 12.1. The minimum Gasteiger partial charge on any atom is -0.399 e. The summed E-state index contributed by atoms with van der Waals surface area (Å²) < 4.78 is 0. The predicted octanol–water partition coefficient (Wildman–Crippen LogP) is 1.44. The highest BCUT2D eigenvalue weighted by atomic mass is 16.2. The Labute approximate surface area is 126 Å². The molecular formula is C16H14N4O2. The summed E-state index contributed by atoms with van der Waals surface area (Å²) in [4.78, 5) is 30.7. The highest BCUT2D eigenvalue weighted by molar-refractivity contribution is 5.92. The fourth-order valence-electron chi connectivity index (χ4n) is 2.16. The molecule has 0 radical (unpaired) electrons. The van der Waals surface area contributed by atoms with Gasteiger partial charge in [-0.2, -0.15) is 0 Å². The quantitative estimate of drug-likeness (QED) is 0.636. The summed E-state index contributed by atoms with van der Waals surface area (Å²) in [5.74, 6) is -0.446. The molecule has 0 spiro atoms. The molecule has 0 aliphatic rings. The van der Waals surface area contributed by atoms with Gasteiger partial charge in [-0.3, -0.25) is 9.59 Å². The number of fused-ring (bicyclic) bond motifs is 1. The van der Waals surface area contributed by atoms with Crippen LogP contribution in [-0.2, 0) is 6.54 Å². The number of nitrogens with zero attached hydrogens (tertiary/aromatic N) is 1. The molecule has 0 bridgehead atoms. The van der Waals surface area contributed by atoms with E-state index in [9.17, 15) is 9.59 Å². The number of aromatic nitrogens is 2. The van der Waals surface area contributed by atoms with E-state index in [1.807, 2.05) is 12.1 Å². The van der Waals surface area contributed by atoms with Crippen LogP contribution in [-0.4, -0.2) is 15.9 Å². The Morgan fingerprint density at radius 1 is 1.18 bits per heavy atom. The van der Waals surface area contributed by atoms with Crippen molar-refractivity contribution in [2.45, 2.75) is 6.54 Å². The van der Waals surface area contributed by atoms with E-state index in [0.717, 1.165) is 5.56 Å². The van der Waals surface area contributed by atoms with E-state index in [-0.39, 0.29) is 11.4 Å². The third-order valence-corrected chi connectivity index (χ3v) is 3.23. The molecule has 3 aromatic rings. The van der Waals surface area contributed by atoms with Crippen molar-refractivity contribution >= 4 is 22.5 Å². The van der Waals surface area contributed by atoms with Crippen molar-refractivity contribution in [2.24, 2.45) is 0 Å².